The number of rotatable bonds is 8. The minimum absolute atomic E-state index is 0.0547. The van der Waals surface area contributed by atoms with Gasteiger partial charge in [-0.15, -0.1) is 16.8 Å². The summed E-state index contributed by atoms with van der Waals surface area (Å²) in [6.45, 7) is 7.07. The molecule has 3 rings (SSSR count). The monoisotopic (exact) mass is 392 g/mol. The van der Waals surface area contributed by atoms with Crippen LogP contribution in [0.3, 0.4) is 0 Å². The zero-order chi connectivity index (χ0) is 19.9. The maximum atomic E-state index is 12.5. The number of thioether (sulfide) groups is 1. The van der Waals surface area contributed by atoms with Gasteiger partial charge in [0.2, 0.25) is 5.91 Å². The van der Waals surface area contributed by atoms with Crippen LogP contribution in [-0.2, 0) is 17.9 Å². The van der Waals surface area contributed by atoms with Crippen molar-refractivity contribution >= 4 is 17.7 Å². The topological polar surface area (TPSA) is 51.0 Å². The Balaban J connectivity index is 1.70. The number of carbonyl (C=O) groups excluding carboxylic acids is 1. The summed E-state index contributed by atoms with van der Waals surface area (Å²) >= 11 is 1.40. The molecule has 1 aromatic heterocycles. The van der Waals surface area contributed by atoms with Crippen molar-refractivity contribution in [2.75, 3.05) is 12.8 Å². The number of carbonyl (C=O) groups is 1. The number of allylic oxidation sites excluding steroid dienone is 1. The van der Waals surface area contributed by atoms with Crippen LogP contribution in [0.2, 0.25) is 0 Å². The lowest BCUT2D eigenvalue weighted by Crippen LogP contribution is -2.27. The highest BCUT2D eigenvalue weighted by Crippen LogP contribution is 2.25. The molecule has 3 aromatic rings. The highest BCUT2D eigenvalue weighted by atomic mass is 32.2. The van der Waals surface area contributed by atoms with E-state index in [0.717, 1.165) is 27.7 Å². The summed E-state index contributed by atoms with van der Waals surface area (Å²) in [5.41, 5.74) is 3.28. The molecule has 28 heavy (non-hydrogen) atoms. The molecule has 0 saturated heterocycles. The number of hydrogen-bond acceptors (Lipinski definition) is 4. The van der Waals surface area contributed by atoms with E-state index < -0.39 is 0 Å². The van der Waals surface area contributed by atoms with Gasteiger partial charge in [-0.1, -0.05) is 71.9 Å². The number of aryl methyl sites for hydroxylation is 1. The van der Waals surface area contributed by atoms with E-state index in [1.54, 1.807) is 4.90 Å². The molecule has 0 saturated carbocycles. The fourth-order valence-electron chi connectivity index (χ4n) is 2.87. The second kappa shape index (κ2) is 9.37. The summed E-state index contributed by atoms with van der Waals surface area (Å²) in [5, 5.41) is 9.39. The van der Waals surface area contributed by atoms with Gasteiger partial charge in [0.15, 0.2) is 11.0 Å². The summed E-state index contributed by atoms with van der Waals surface area (Å²) in [6.07, 6.45) is 1.82. The van der Waals surface area contributed by atoms with Gasteiger partial charge >= 0.3 is 0 Å². The largest absolute Gasteiger partial charge is 0.341 e. The molecule has 6 heteroatoms. The molecular weight excluding hydrogens is 368 g/mol. The van der Waals surface area contributed by atoms with Crippen LogP contribution in [0.5, 0.6) is 0 Å². The molecule has 1 amide bonds. The van der Waals surface area contributed by atoms with Crippen molar-refractivity contribution in [3.8, 4) is 11.4 Å². The van der Waals surface area contributed by atoms with Gasteiger partial charge in [0.05, 0.1) is 5.75 Å². The first-order chi connectivity index (χ1) is 13.6. The van der Waals surface area contributed by atoms with Crippen LogP contribution in [0.4, 0.5) is 0 Å². The summed E-state index contributed by atoms with van der Waals surface area (Å²) in [4.78, 5) is 14.3. The van der Waals surface area contributed by atoms with Crippen LogP contribution in [0.25, 0.3) is 11.4 Å². The molecule has 0 fully saturated rings. The van der Waals surface area contributed by atoms with Gasteiger partial charge in [-0.2, -0.15) is 0 Å². The quantitative estimate of drug-likeness (QED) is 0.426. The van der Waals surface area contributed by atoms with Crippen LogP contribution in [0, 0.1) is 6.92 Å². The molecule has 0 atom stereocenters. The number of aromatic nitrogens is 3. The van der Waals surface area contributed by atoms with E-state index in [2.05, 4.69) is 35.8 Å². The van der Waals surface area contributed by atoms with Crippen LogP contribution >= 0.6 is 11.8 Å². The molecule has 0 bridgehead atoms. The summed E-state index contributed by atoms with van der Waals surface area (Å²) in [7, 11) is 1.82. The van der Waals surface area contributed by atoms with Gasteiger partial charge in [0, 0.05) is 25.7 Å². The Morgan fingerprint density at radius 1 is 1.18 bits per heavy atom. The number of benzene rings is 2. The third-order valence-corrected chi connectivity index (χ3v) is 5.27. The van der Waals surface area contributed by atoms with Crippen molar-refractivity contribution in [2.24, 2.45) is 0 Å². The second-order valence-corrected chi connectivity index (χ2v) is 7.54. The number of nitrogens with zero attached hydrogens (tertiary/aromatic N) is 4. The zero-order valence-electron chi connectivity index (χ0n) is 16.2. The lowest BCUT2D eigenvalue weighted by atomic mass is 10.1. The van der Waals surface area contributed by atoms with Gasteiger partial charge in [-0.3, -0.25) is 9.36 Å². The summed E-state index contributed by atoms with van der Waals surface area (Å²) in [5.74, 6) is 1.15. The first kappa shape index (κ1) is 19.9. The van der Waals surface area contributed by atoms with E-state index in [1.165, 1.54) is 11.8 Å². The first-order valence-corrected chi connectivity index (χ1v) is 10.1. The molecule has 144 valence electrons. The highest BCUT2D eigenvalue weighted by Gasteiger charge is 2.16. The van der Waals surface area contributed by atoms with Gasteiger partial charge < -0.3 is 4.90 Å². The van der Waals surface area contributed by atoms with Crippen molar-refractivity contribution in [2.45, 2.75) is 25.2 Å². The van der Waals surface area contributed by atoms with Crippen molar-refractivity contribution in [1.82, 2.24) is 19.7 Å². The molecule has 0 aliphatic rings. The van der Waals surface area contributed by atoms with E-state index in [4.69, 9.17) is 0 Å². The molecule has 0 aliphatic heterocycles. The predicted molar refractivity (Wildman–Crippen MR) is 114 cm³/mol. The van der Waals surface area contributed by atoms with E-state index in [1.807, 2.05) is 60.2 Å². The van der Waals surface area contributed by atoms with E-state index in [9.17, 15) is 4.79 Å². The standard InChI is InChI=1S/C22H24N4OS/c1-4-13-26-21(19-12-8-9-17(2)14-19)23-24-22(26)28-16-20(27)25(3)15-18-10-6-5-7-11-18/h4-12,14H,1,13,15-16H2,2-3H3. The first-order valence-electron chi connectivity index (χ1n) is 9.10. The van der Waals surface area contributed by atoms with Crippen LogP contribution in [0.1, 0.15) is 11.1 Å². The molecule has 0 spiro atoms. The molecule has 0 unspecified atom stereocenters. The maximum Gasteiger partial charge on any atom is 0.233 e. The fourth-order valence-corrected chi connectivity index (χ4v) is 3.76. The van der Waals surface area contributed by atoms with Gasteiger partial charge in [-0.25, -0.2) is 0 Å². The SMILES string of the molecule is C=CCn1c(SCC(=O)N(C)Cc2ccccc2)nnc1-c1cccc(C)c1. The normalized spacial score (nSPS) is 10.6. The Kier molecular flexibility index (Phi) is 6.66. The molecule has 0 aliphatic carbocycles. The number of amides is 1. The van der Waals surface area contributed by atoms with Gasteiger partial charge in [0.1, 0.15) is 0 Å². The van der Waals surface area contributed by atoms with Crippen LogP contribution in [0.15, 0.2) is 72.4 Å². The van der Waals surface area contributed by atoms with Crippen LogP contribution < -0.4 is 0 Å². The smallest absolute Gasteiger partial charge is 0.233 e. The predicted octanol–water partition coefficient (Wildman–Crippen LogP) is 4.19. The van der Waals surface area contributed by atoms with Crippen molar-refractivity contribution in [3.63, 3.8) is 0 Å². The Labute approximate surface area is 170 Å². The van der Waals surface area contributed by atoms with Crippen molar-refractivity contribution in [3.05, 3.63) is 78.4 Å². The Hall–Kier alpha value is -2.86. The lowest BCUT2D eigenvalue weighted by Gasteiger charge is -2.17. The van der Waals surface area contributed by atoms with E-state index >= 15 is 0 Å². The summed E-state index contributed by atoms with van der Waals surface area (Å²) < 4.78 is 2.00. The highest BCUT2D eigenvalue weighted by molar-refractivity contribution is 7.99. The van der Waals surface area contributed by atoms with Gasteiger partial charge in [-0.05, 0) is 18.6 Å². The molecule has 2 aromatic carbocycles. The fraction of sp³-hybridized carbons (Fsp3) is 0.227. The molecular formula is C22H24N4OS. The van der Waals surface area contributed by atoms with Gasteiger partial charge in [0.25, 0.3) is 0 Å². The molecule has 1 heterocycles. The maximum absolute atomic E-state index is 12.5. The lowest BCUT2D eigenvalue weighted by molar-refractivity contribution is -0.127. The number of hydrogen-bond donors (Lipinski definition) is 0. The Bertz CT molecular complexity index is 952. The third kappa shape index (κ3) is 4.89. The van der Waals surface area contributed by atoms with E-state index in [0.29, 0.717) is 18.8 Å². The average Bonchev–Trinajstić information content (AvgIpc) is 3.10. The van der Waals surface area contributed by atoms with Crippen molar-refractivity contribution < 1.29 is 4.79 Å². The average molecular weight is 393 g/mol. The molecule has 5 nitrogen and oxygen atoms in total. The minimum Gasteiger partial charge on any atom is -0.341 e. The second-order valence-electron chi connectivity index (χ2n) is 6.60. The van der Waals surface area contributed by atoms with Crippen molar-refractivity contribution in [1.29, 1.82) is 0 Å². The summed E-state index contributed by atoms with van der Waals surface area (Å²) in [6, 6.07) is 18.1. The Morgan fingerprint density at radius 3 is 2.68 bits per heavy atom. The minimum atomic E-state index is 0.0547. The third-order valence-electron chi connectivity index (χ3n) is 4.32. The Morgan fingerprint density at radius 2 is 1.96 bits per heavy atom. The molecule has 0 N–H and O–H groups in total. The zero-order valence-corrected chi connectivity index (χ0v) is 17.0. The van der Waals surface area contributed by atoms with Crippen LogP contribution in [-0.4, -0.2) is 38.4 Å². The van der Waals surface area contributed by atoms with E-state index in [-0.39, 0.29) is 5.91 Å². The molecule has 0 radical (unpaired) electrons.